The largest absolute Gasteiger partial charge is 0.465 e. The molecular formula is C15H30O4. The first kappa shape index (κ1) is 18.4. The first-order valence-corrected chi connectivity index (χ1v) is 6.92. The Morgan fingerprint density at radius 2 is 1.68 bits per heavy atom. The molecule has 0 aromatic carbocycles. The molecule has 0 aliphatic heterocycles. The third-order valence-corrected chi connectivity index (χ3v) is 2.97. The maximum absolute atomic E-state index is 11.6. The second-order valence-electron chi connectivity index (χ2n) is 6.58. The molecule has 0 aliphatic rings. The van der Waals surface area contributed by atoms with Crippen molar-refractivity contribution in [1.82, 2.24) is 0 Å². The third-order valence-electron chi connectivity index (χ3n) is 2.97. The Balaban J connectivity index is 3.88. The van der Waals surface area contributed by atoms with Crippen LogP contribution in [0.4, 0.5) is 0 Å². The third kappa shape index (κ3) is 9.00. The molecule has 0 fully saturated rings. The lowest BCUT2D eigenvalue weighted by Gasteiger charge is -2.26. The van der Waals surface area contributed by atoms with Gasteiger partial charge in [0.05, 0.1) is 23.7 Å². The molecule has 1 atom stereocenters. The van der Waals surface area contributed by atoms with Crippen molar-refractivity contribution in [1.29, 1.82) is 0 Å². The Kier molecular flexibility index (Phi) is 7.60. The minimum absolute atomic E-state index is 0.170. The smallest absolute Gasteiger partial charge is 0.311 e. The van der Waals surface area contributed by atoms with Crippen LogP contribution in [0.5, 0.6) is 0 Å². The summed E-state index contributed by atoms with van der Waals surface area (Å²) < 4.78 is 16.2. The minimum Gasteiger partial charge on any atom is -0.465 e. The summed E-state index contributed by atoms with van der Waals surface area (Å²) in [6.07, 6.45) is 1.76. The molecule has 0 N–H and O–H groups in total. The van der Waals surface area contributed by atoms with Gasteiger partial charge in [0.1, 0.15) is 0 Å². The van der Waals surface area contributed by atoms with Crippen molar-refractivity contribution in [3.63, 3.8) is 0 Å². The lowest BCUT2D eigenvalue weighted by molar-refractivity contribution is -0.154. The van der Waals surface area contributed by atoms with Gasteiger partial charge in [0.25, 0.3) is 0 Å². The van der Waals surface area contributed by atoms with E-state index in [4.69, 9.17) is 14.2 Å². The molecule has 0 rings (SSSR count). The standard InChI is InChI=1S/C15H30O4/c1-12(17-7)8-10-19-15(5,6)9-11-18-13(16)14(2,3)4/h12H,8-11H2,1-7H3. The number of esters is 1. The molecule has 0 spiro atoms. The van der Waals surface area contributed by atoms with Gasteiger partial charge in [-0.2, -0.15) is 0 Å². The fourth-order valence-electron chi connectivity index (χ4n) is 1.30. The van der Waals surface area contributed by atoms with E-state index in [0.717, 1.165) is 6.42 Å². The molecule has 0 aromatic heterocycles. The average molecular weight is 274 g/mol. The molecule has 1 unspecified atom stereocenters. The van der Waals surface area contributed by atoms with Crippen molar-refractivity contribution in [3.05, 3.63) is 0 Å². The maximum Gasteiger partial charge on any atom is 0.311 e. The Hall–Kier alpha value is -0.610. The van der Waals surface area contributed by atoms with Gasteiger partial charge in [0.15, 0.2) is 0 Å². The number of methoxy groups -OCH3 is 1. The fraction of sp³-hybridized carbons (Fsp3) is 0.933. The van der Waals surface area contributed by atoms with Crippen LogP contribution in [-0.2, 0) is 19.0 Å². The van der Waals surface area contributed by atoms with Crippen LogP contribution in [0.2, 0.25) is 0 Å². The van der Waals surface area contributed by atoms with E-state index >= 15 is 0 Å². The molecule has 4 nitrogen and oxygen atoms in total. The second kappa shape index (κ2) is 7.85. The highest BCUT2D eigenvalue weighted by Gasteiger charge is 2.25. The summed E-state index contributed by atoms with van der Waals surface area (Å²) in [6, 6.07) is 0. The van der Waals surface area contributed by atoms with Crippen LogP contribution in [0.25, 0.3) is 0 Å². The number of carbonyl (C=O) groups is 1. The van der Waals surface area contributed by atoms with Crippen LogP contribution in [0.15, 0.2) is 0 Å². The van der Waals surface area contributed by atoms with E-state index in [1.54, 1.807) is 7.11 Å². The zero-order valence-electron chi connectivity index (χ0n) is 13.5. The molecule has 0 radical (unpaired) electrons. The van der Waals surface area contributed by atoms with Crippen molar-refractivity contribution < 1.29 is 19.0 Å². The molecule has 0 aromatic rings. The van der Waals surface area contributed by atoms with Crippen molar-refractivity contribution in [2.75, 3.05) is 20.3 Å². The quantitative estimate of drug-likeness (QED) is 0.638. The Morgan fingerprint density at radius 3 is 2.16 bits per heavy atom. The van der Waals surface area contributed by atoms with Gasteiger partial charge in [-0.3, -0.25) is 4.79 Å². The van der Waals surface area contributed by atoms with E-state index in [0.29, 0.717) is 19.6 Å². The van der Waals surface area contributed by atoms with Crippen molar-refractivity contribution in [2.45, 2.75) is 66.1 Å². The van der Waals surface area contributed by atoms with Crippen LogP contribution in [0, 0.1) is 5.41 Å². The van der Waals surface area contributed by atoms with Gasteiger partial charge >= 0.3 is 5.97 Å². The van der Waals surface area contributed by atoms with Crippen LogP contribution < -0.4 is 0 Å². The van der Waals surface area contributed by atoms with E-state index < -0.39 is 5.41 Å². The average Bonchev–Trinajstić information content (AvgIpc) is 2.26. The van der Waals surface area contributed by atoms with Crippen molar-refractivity contribution in [2.24, 2.45) is 5.41 Å². The van der Waals surface area contributed by atoms with E-state index in [1.807, 2.05) is 41.5 Å². The molecule has 114 valence electrons. The number of ether oxygens (including phenoxy) is 3. The van der Waals surface area contributed by atoms with Gasteiger partial charge < -0.3 is 14.2 Å². The second-order valence-corrected chi connectivity index (χ2v) is 6.58. The van der Waals surface area contributed by atoms with Gasteiger partial charge in [-0.05, 0) is 48.0 Å². The molecular weight excluding hydrogens is 244 g/mol. The first-order chi connectivity index (χ1) is 8.58. The summed E-state index contributed by atoms with van der Waals surface area (Å²) >= 11 is 0. The molecule has 0 heterocycles. The number of carbonyl (C=O) groups excluding carboxylic acids is 1. The highest BCUT2D eigenvalue weighted by atomic mass is 16.5. The summed E-state index contributed by atoms with van der Waals surface area (Å²) in [7, 11) is 1.70. The predicted molar refractivity (Wildman–Crippen MR) is 76.2 cm³/mol. The molecule has 0 saturated heterocycles. The van der Waals surface area contributed by atoms with Gasteiger partial charge in [-0.25, -0.2) is 0 Å². The minimum atomic E-state index is -0.446. The van der Waals surface area contributed by atoms with Gasteiger partial charge in [0, 0.05) is 20.1 Å². The van der Waals surface area contributed by atoms with E-state index in [-0.39, 0.29) is 17.7 Å². The number of rotatable bonds is 8. The SMILES string of the molecule is COC(C)CCOC(C)(C)CCOC(=O)C(C)(C)C. The Bertz CT molecular complexity index is 266. The molecule has 0 bridgehead atoms. The topological polar surface area (TPSA) is 44.8 Å². The van der Waals surface area contributed by atoms with Gasteiger partial charge in [-0.15, -0.1) is 0 Å². The van der Waals surface area contributed by atoms with E-state index in [9.17, 15) is 4.79 Å². The zero-order valence-corrected chi connectivity index (χ0v) is 13.5. The van der Waals surface area contributed by atoms with Crippen molar-refractivity contribution in [3.8, 4) is 0 Å². The summed E-state index contributed by atoms with van der Waals surface area (Å²) in [4.78, 5) is 11.6. The summed E-state index contributed by atoms with van der Waals surface area (Å²) in [5, 5.41) is 0. The fourth-order valence-corrected chi connectivity index (χ4v) is 1.30. The molecule has 0 saturated carbocycles. The molecule has 0 aliphatic carbocycles. The van der Waals surface area contributed by atoms with Crippen LogP contribution in [-0.4, -0.2) is 38.0 Å². The summed E-state index contributed by atoms with van der Waals surface area (Å²) in [5.74, 6) is -0.170. The van der Waals surface area contributed by atoms with E-state index in [1.165, 1.54) is 0 Å². The first-order valence-electron chi connectivity index (χ1n) is 6.92. The summed E-state index contributed by atoms with van der Waals surface area (Å²) in [6.45, 7) is 12.6. The lowest BCUT2D eigenvalue weighted by Crippen LogP contribution is -2.30. The van der Waals surface area contributed by atoms with Crippen molar-refractivity contribution >= 4 is 5.97 Å². The Labute approximate surface area is 117 Å². The molecule has 4 heteroatoms. The maximum atomic E-state index is 11.6. The predicted octanol–water partition coefficient (Wildman–Crippen LogP) is 3.19. The normalized spacial score (nSPS) is 14.3. The van der Waals surface area contributed by atoms with Crippen LogP contribution >= 0.6 is 0 Å². The van der Waals surface area contributed by atoms with Crippen LogP contribution in [0.3, 0.4) is 0 Å². The highest BCUT2D eigenvalue weighted by molar-refractivity contribution is 5.75. The summed E-state index contributed by atoms with van der Waals surface area (Å²) in [5.41, 5.74) is -0.732. The lowest BCUT2D eigenvalue weighted by atomic mass is 9.97. The highest BCUT2D eigenvalue weighted by Crippen LogP contribution is 2.18. The monoisotopic (exact) mass is 274 g/mol. The molecule has 19 heavy (non-hydrogen) atoms. The molecule has 0 amide bonds. The van der Waals surface area contributed by atoms with E-state index in [2.05, 4.69) is 0 Å². The number of hydrogen-bond donors (Lipinski definition) is 0. The van der Waals surface area contributed by atoms with Gasteiger partial charge in [0.2, 0.25) is 0 Å². The zero-order chi connectivity index (χ0) is 15.1. The van der Waals surface area contributed by atoms with Gasteiger partial charge in [-0.1, -0.05) is 0 Å². The Morgan fingerprint density at radius 1 is 1.11 bits per heavy atom. The number of hydrogen-bond acceptors (Lipinski definition) is 4. The van der Waals surface area contributed by atoms with Crippen LogP contribution in [0.1, 0.15) is 54.4 Å².